The average molecular weight is 277 g/mol. The van der Waals surface area contributed by atoms with Crippen LogP contribution in [0.1, 0.15) is 12.5 Å². The SMILES string of the molecule is CCNS(=O)(=O)c1ccc(CS(C)(=O)=O)cc1. The first-order valence-corrected chi connectivity index (χ1v) is 8.55. The predicted octanol–water partition coefficient (Wildman–Crippen LogP) is 0.529. The van der Waals surface area contributed by atoms with E-state index < -0.39 is 19.9 Å². The van der Waals surface area contributed by atoms with Crippen molar-refractivity contribution in [1.82, 2.24) is 4.72 Å². The fourth-order valence-corrected chi connectivity index (χ4v) is 3.18. The van der Waals surface area contributed by atoms with E-state index in [0.29, 0.717) is 12.1 Å². The Hall–Kier alpha value is -0.920. The first-order chi connectivity index (χ1) is 7.74. The molecule has 0 saturated heterocycles. The summed E-state index contributed by atoms with van der Waals surface area (Å²) in [6.07, 6.45) is 1.14. The van der Waals surface area contributed by atoms with E-state index in [1.54, 1.807) is 6.92 Å². The van der Waals surface area contributed by atoms with Gasteiger partial charge in [-0.2, -0.15) is 0 Å². The quantitative estimate of drug-likeness (QED) is 0.851. The number of sulfonamides is 1. The van der Waals surface area contributed by atoms with Crippen molar-refractivity contribution < 1.29 is 16.8 Å². The Morgan fingerprint density at radius 1 is 1.06 bits per heavy atom. The summed E-state index contributed by atoms with van der Waals surface area (Å²) in [5, 5.41) is 0. The van der Waals surface area contributed by atoms with Crippen LogP contribution < -0.4 is 4.72 Å². The molecule has 0 atom stereocenters. The van der Waals surface area contributed by atoms with Crippen LogP contribution in [0, 0.1) is 0 Å². The molecule has 1 aromatic rings. The molecule has 0 aliphatic heterocycles. The summed E-state index contributed by atoms with van der Waals surface area (Å²) < 4.78 is 47.7. The van der Waals surface area contributed by atoms with E-state index in [1.165, 1.54) is 24.3 Å². The average Bonchev–Trinajstić information content (AvgIpc) is 2.15. The van der Waals surface area contributed by atoms with Gasteiger partial charge in [0.15, 0.2) is 9.84 Å². The molecule has 1 aromatic carbocycles. The lowest BCUT2D eigenvalue weighted by Crippen LogP contribution is -2.23. The van der Waals surface area contributed by atoms with Gasteiger partial charge in [0.1, 0.15) is 0 Å². The van der Waals surface area contributed by atoms with Crippen molar-refractivity contribution in [2.45, 2.75) is 17.6 Å². The van der Waals surface area contributed by atoms with Crippen LogP contribution in [0.4, 0.5) is 0 Å². The molecule has 0 aliphatic carbocycles. The van der Waals surface area contributed by atoms with E-state index in [0.717, 1.165) is 6.26 Å². The molecule has 0 aliphatic rings. The van der Waals surface area contributed by atoms with Crippen LogP contribution in [-0.2, 0) is 25.6 Å². The van der Waals surface area contributed by atoms with Crippen molar-refractivity contribution in [3.8, 4) is 0 Å². The second-order valence-electron chi connectivity index (χ2n) is 3.72. The van der Waals surface area contributed by atoms with Gasteiger partial charge in [0.2, 0.25) is 10.0 Å². The Bertz CT molecular complexity index is 573. The molecule has 1 N–H and O–H groups in total. The fourth-order valence-electron chi connectivity index (χ4n) is 1.34. The molecule has 17 heavy (non-hydrogen) atoms. The maximum Gasteiger partial charge on any atom is 0.240 e. The highest BCUT2D eigenvalue weighted by atomic mass is 32.2. The van der Waals surface area contributed by atoms with Gasteiger partial charge in [-0.25, -0.2) is 21.6 Å². The molecule has 0 unspecified atom stereocenters. The molecule has 7 heteroatoms. The Labute approximate surface area is 102 Å². The zero-order valence-corrected chi connectivity index (χ0v) is 11.3. The second kappa shape index (κ2) is 5.16. The monoisotopic (exact) mass is 277 g/mol. The van der Waals surface area contributed by atoms with Crippen molar-refractivity contribution >= 4 is 19.9 Å². The molecule has 1 rings (SSSR count). The van der Waals surface area contributed by atoms with Gasteiger partial charge in [-0.1, -0.05) is 19.1 Å². The number of benzene rings is 1. The molecule has 0 fully saturated rings. The van der Waals surface area contributed by atoms with Crippen LogP contribution in [0.3, 0.4) is 0 Å². The van der Waals surface area contributed by atoms with Crippen LogP contribution in [0.25, 0.3) is 0 Å². The summed E-state index contributed by atoms with van der Waals surface area (Å²) in [7, 11) is -6.57. The molecule has 0 radical (unpaired) electrons. The van der Waals surface area contributed by atoms with Gasteiger partial charge in [0.25, 0.3) is 0 Å². The van der Waals surface area contributed by atoms with E-state index in [4.69, 9.17) is 0 Å². The predicted molar refractivity (Wildman–Crippen MR) is 65.9 cm³/mol. The van der Waals surface area contributed by atoms with E-state index in [2.05, 4.69) is 4.72 Å². The highest BCUT2D eigenvalue weighted by molar-refractivity contribution is 7.90. The molecule has 0 spiro atoms. The van der Waals surface area contributed by atoms with Gasteiger partial charge in [0.05, 0.1) is 10.6 Å². The lowest BCUT2D eigenvalue weighted by Gasteiger charge is -2.05. The van der Waals surface area contributed by atoms with Crippen LogP contribution >= 0.6 is 0 Å². The largest absolute Gasteiger partial charge is 0.240 e. The summed E-state index contributed by atoms with van der Waals surface area (Å²) in [5.41, 5.74) is 0.572. The zero-order chi connectivity index (χ0) is 13.1. The van der Waals surface area contributed by atoms with E-state index in [9.17, 15) is 16.8 Å². The van der Waals surface area contributed by atoms with Gasteiger partial charge >= 0.3 is 0 Å². The molecular weight excluding hydrogens is 262 g/mol. The van der Waals surface area contributed by atoms with Crippen molar-refractivity contribution in [3.05, 3.63) is 29.8 Å². The Morgan fingerprint density at radius 2 is 1.59 bits per heavy atom. The minimum Gasteiger partial charge on any atom is -0.229 e. The van der Waals surface area contributed by atoms with Gasteiger partial charge < -0.3 is 0 Å². The highest BCUT2D eigenvalue weighted by Gasteiger charge is 2.12. The van der Waals surface area contributed by atoms with Crippen LogP contribution in [0.5, 0.6) is 0 Å². The van der Waals surface area contributed by atoms with Crippen LogP contribution in [-0.4, -0.2) is 29.6 Å². The van der Waals surface area contributed by atoms with Crippen LogP contribution in [0.15, 0.2) is 29.2 Å². The molecule has 5 nitrogen and oxygen atoms in total. The van der Waals surface area contributed by atoms with Gasteiger partial charge in [-0.15, -0.1) is 0 Å². The van der Waals surface area contributed by atoms with Crippen LogP contribution in [0.2, 0.25) is 0 Å². The molecule has 0 bridgehead atoms. The maximum absolute atomic E-state index is 11.6. The normalized spacial score (nSPS) is 12.6. The van der Waals surface area contributed by atoms with Gasteiger partial charge in [-0.3, -0.25) is 0 Å². The van der Waals surface area contributed by atoms with E-state index in [-0.39, 0.29) is 10.6 Å². The molecule has 96 valence electrons. The number of sulfone groups is 1. The topological polar surface area (TPSA) is 80.3 Å². The van der Waals surface area contributed by atoms with Crippen molar-refractivity contribution in [2.75, 3.05) is 12.8 Å². The maximum atomic E-state index is 11.6. The minimum absolute atomic E-state index is 0.0888. The van der Waals surface area contributed by atoms with Crippen molar-refractivity contribution in [1.29, 1.82) is 0 Å². The molecule has 0 amide bonds. The third kappa shape index (κ3) is 4.45. The third-order valence-corrected chi connectivity index (χ3v) is 4.42. The second-order valence-corrected chi connectivity index (χ2v) is 7.62. The summed E-state index contributed by atoms with van der Waals surface area (Å²) in [5.74, 6) is -0.0888. The summed E-state index contributed by atoms with van der Waals surface area (Å²) in [6, 6.07) is 5.81. The van der Waals surface area contributed by atoms with Gasteiger partial charge in [-0.05, 0) is 17.7 Å². The summed E-state index contributed by atoms with van der Waals surface area (Å²) >= 11 is 0. The summed E-state index contributed by atoms with van der Waals surface area (Å²) in [6.45, 7) is 2.00. The number of nitrogens with one attached hydrogen (secondary N) is 1. The molecule has 0 saturated carbocycles. The van der Waals surface area contributed by atoms with Gasteiger partial charge in [0, 0.05) is 12.8 Å². The summed E-state index contributed by atoms with van der Waals surface area (Å²) in [4.78, 5) is 0.136. The zero-order valence-electron chi connectivity index (χ0n) is 9.67. The third-order valence-electron chi connectivity index (χ3n) is 2.00. The Balaban J connectivity index is 2.97. The molecular formula is C10H15NO4S2. The number of hydrogen-bond acceptors (Lipinski definition) is 4. The number of rotatable bonds is 5. The van der Waals surface area contributed by atoms with E-state index in [1.807, 2.05) is 0 Å². The Morgan fingerprint density at radius 3 is 2.00 bits per heavy atom. The molecule has 0 aromatic heterocycles. The highest BCUT2D eigenvalue weighted by Crippen LogP contribution is 2.12. The Kier molecular flexibility index (Phi) is 4.29. The first kappa shape index (κ1) is 14.1. The lowest BCUT2D eigenvalue weighted by molar-refractivity contribution is 0.584. The standard InChI is InChI=1S/C10H15NO4S2/c1-3-11-17(14,15)10-6-4-9(5-7-10)8-16(2,12)13/h4-7,11H,3,8H2,1-2H3. The molecule has 0 heterocycles. The minimum atomic E-state index is -3.47. The fraction of sp³-hybridized carbons (Fsp3) is 0.400. The van der Waals surface area contributed by atoms with E-state index >= 15 is 0 Å². The number of hydrogen-bond donors (Lipinski definition) is 1. The smallest absolute Gasteiger partial charge is 0.229 e. The first-order valence-electron chi connectivity index (χ1n) is 5.01. The van der Waals surface area contributed by atoms with Crippen molar-refractivity contribution in [3.63, 3.8) is 0 Å². The van der Waals surface area contributed by atoms with Crippen molar-refractivity contribution in [2.24, 2.45) is 0 Å². The lowest BCUT2D eigenvalue weighted by atomic mass is 10.2.